The lowest BCUT2D eigenvalue weighted by molar-refractivity contribution is 1.19. The number of nitrogen functional groups attached to an aromatic ring is 1. The number of hydrogen-bond acceptors (Lipinski definition) is 2. The molecule has 0 unspecified atom stereocenters. The molecule has 84 valence electrons. The van der Waals surface area contributed by atoms with Crippen molar-refractivity contribution >= 4 is 18.1 Å². The molecule has 0 fully saturated rings. The zero-order valence-electron chi connectivity index (χ0n) is 8.89. The van der Waals surface area contributed by atoms with Gasteiger partial charge in [0.1, 0.15) is 0 Å². The summed E-state index contributed by atoms with van der Waals surface area (Å²) in [7, 11) is 0. The van der Waals surface area contributed by atoms with E-state index in [1.54, 1.807) is 0 Å². The molecule has 0 aliphatic rings. The number of nitrogens with two attached hydrogens (primary N) is 1. The minimum atomic E-state index is 0. The van der Waals surface area contributed by atoms with Crippen molar-refractivity contribution in [1.82, 2.24) is 0 Å². The van der Waals surface area contributed by atoms with Crippen molar-refractivity contribution in [2.45, 2.75) is 6.42 Å². The van der Waals surface area contributed by atoms with Crippen molar-refractivity contribution in [3.8, 4) is 0 Å². The zero-order chi connectivity index (χ0) is 10.5. The van der Waals surface area contributed by atoms with E-state index in [1.807, 2.05) is 18.2 Å². The highest BCUT2D eigenvalue weighted by atomic mass is 35.5. The van der Waals surface area contributed by atoms with Crippen LogP contribution in [-0.2, 0) is 6.42 Å². The van der Waals surface area contributed by atoms with Crippen LogP contribution in [0.1, 0.15) is 11.1 Å². The van der Waals surface area contributed by atoms with Gasteiger partial charge in [-0.25, -0.2) is 0 Å². The third-order valence-electron chi connectivity index (χ3n) is 2.37. The van der Waals surface area contributed by atoms with Gasteiger partial charge in [-0.2, -0.15) is 0 Å². The topological polar surface area (TPSA) is 38.0 Å². The summed E-state index contributed by atoms with van der Waals surface area (Å²) in [6.45, 7) is 0. The van der Waals surface area contributed by atoms with Gasteiger partial charge in [0.2, 0.25) is 0 Å². The van der Waals surface area contributed by atoms with Crippen molar-refractivity contribution in [2.75, 3.05) is 5.43 Å². The van der Waals surface area contributed by atoms with E-state index >= 15 is 0 Å². The predicted molar refractivity (Wildman–Crippen MR) is 70.7 cm³/mol. The first kappa shape index (κ1) is 12.6. The molecule has 2 aromatic rings. The van der Waals surface area contributed by atoms with Gasteiger partial charge in [0, 0.05) is 5.69 Å². The minimum absolute atomic E-state index is 0. The number of hydrogen-bond donors (Lipinski definition) is 2. The third kappa shape index (κ3) is 3.26. The van der Waals surface area contributed by atoms with Crippen LogP contribution in [-0.4, -0.2) is 0 Å². The van der Waals surface area contributed by atoms with Crippen LogP contribution in [0.15, 0.2) is 54.6 Å². The van der Waals surface area contributed by atoms with E-state index in [0.29, 0.717) is 0 Å². The number of anilines is 1. The van der Waals surface area contributed by atoms with Gasteiger partial charge in [0.15, 0.2) is 0 Å². The van der Waals surface area contributed by atoms with Crippen molar-refractivity contribution < 1.29 is 0 Å². The van der Waals surface area contributed by atoms with Gasteiger partial charge in [-0.15, -0.1) is 12.4 Å². The highest BCUT2D eigenvalue weighted by Crippen LogP contribution is 2.12. The first-order valence-electron chi connectivity index (χ1n) is 4.98. The Kier molecular flexibility index (Phi) is 4.83. The van der Waals surface area contributed by atoms with Crippen LogP contribution >= 0.6 is 12.4 Å². The highest BCUT2D eigenvalue weighted by molar-refractivity contribution is 5.85. The molecule has 0 bridgehead atoms. The molecule has 0 aromatic heterocycles. The average Bonchev–Trinajstić information content (AvgIpc) is 2.31. The first-order valence-corrected chi connectivity index (χ1v) is 4.98. The maximum Gasteiger partial charge on any atom is 0.0485 e. The van der Waals surface area contributed by atoms with Gasteiger partial charge in [-0.1, -0.05) is 42.5 Å². The van der Waals surface area contributed by atoms with Crippen LogP contribution in [0.5, 0.6) is 0 Å². The molecular formula is C13H15ClN2. The number of halogens is 1. The second-order valence-electron chi connectivity index (χ2n) is 3.50. The maximum atomic E-state index is 5.30. The first-order chi connectivity index (χ1) is 7.38. The van der Waals surface area contributed by atoms with E-state index in [4.69, 9.17) is 5.84 Å². The van der Waals surface area contributed by atoms with Crippen LogP contribution in [0.4, 0.5) is 5.69 Å². The SMILES string of the molecule is Cl.NNc1ccc(Cc2ccccc2)cc1. The molecule has 2 aromatic carbocycles. The molecule has 0 aliphatic heterocycles. The Balaban J connectivity index is 0.00000128. The number of benzene rings is 2. The van der Waals surface area contributed by atoms with Gasteiger partial charge in [-0.05, 0) is 29.7 Å². The Labute approximate surface area is 102 Å². The highest BCUT2D eigenvalue weighted by Gasteiger charge is 1.95. The standard InChI is InChI=1S/C13H14N2.ClH/c14-15-13-8-6-12(7-9-13)10-11-4-2-1-3-5-11;/h1-9,15H,10,14H2;1H. The van der Waals surface area contributed by atoms with Crippen LogP contribution in [0.25, 0.3) is 0 Å². The van der Waals surface area contributed by atoms with Gasteiger partial charge in [0.25, 0.3) is 0 Å². The minimum Gasteiger partial charge on any atom is -0.324 e. The molecule has 16 heavy (non-hydrogen) atoms. The molecule has 3 heteroatoms. The molecule has 3 N–H and O–H groups in total. The molecule has 0 radical (unpaired) electrons. The third-order valence-corrected chi connectivity index (χ3v) is 2.37. The fourth-order valence-corrected chi connectivity index (χ4v) is 1.55. The number of rotatable bonds is 3. The van der Waals surface area contributed by atoms with Gasteiger partial charge in [-0.3, -0.25) is 5.84 Å². The molecule has 0 aliphatic carbocycles. The van der Waals surface area contributed by atoms with E-state index in [0.717, 1.165) is 12.1 Å². The second kappa shape index (κ2) is 6.16. The van der Waals surface area contributed by atoms with Gasteiger partial charge < -0.3 is 5.43 Å². The lowest BCUT2D eigenvalue weighted by Crippen LogP contribution is -2.06. The van der Waals surface area contributed by atoms with Crippen molar-refractivity contribution in [3.63, 3.8) is 0 Å². The quantitative estimate of drug-likeness (QED) is 0.633. The Morgan fingerprint density at radius 3 is 1.94 bits per heavy atom. The summed E-state index contributed by atoms with van der Waals surface area (Å²) in [5.74, 6) is 5.30. The normalized spacial score (nSPS) is 9.31. The molecule has 0 saturated carbocycles. The summed E-state index contributed by atoms with van der Waals surface area (Å²) in [6, 6.07) is 18.6. The van der Waals surface area contributed by atoms with E-state index in [9.17, 15) is 0 Å². The monoisotopic (exact) mass is 234 g/mol. The smallest absolute Gasteiger partial charge is 0.0485 e. The van der Waals surface area contributed by atoms with E-state index < -0.39 is 0 Å². The van der Waals surface area contributed by atoms with Gasteiger partial charge >= 0.3 is 0 Å². The van der Waals surface area contributed by atoms with Crippen molar-refractivity contribution in [3.05, 3.63) is 65.7 Å². The molecule has 2 nitrogen and oxygen atoms in total. The predicted octanol–water partition coefficient (Wildman–Crippen LogP) is 2.98. The van der Waals surface area contributed by atoms with Crippen LogP contribution in [0.2, 0.25) is 0 Å². The number of hydrazine groups is 1. The summed E-state index contributed by atoms with van der Waals surface area (Å²) in [5.41, 5.74) is 6.17. The summed E-state index contributed by atoms with van der Waals surface area (Å²) in [5, 5.41) is 0. The largest absolute Gasteiger partial charge is 0.324 e. The maximum absolute atomic E-state index is 5.30. The van der Waals surface area contributed by atoms with E-state index in [2.05, 4.69) is 41.8 Å². The molecule has 2 rings (SSSR count). The molecular weight excluding hydrogens is 220 g/mol. The summed E-state index contributed by atoms with van der Waals surface area (Å²) < 4.78 is 0. The van der Waals surface area contributed by atoms with E-state index in [-0.39, 0.29) is 12.4 Å². The Hall–Kier alpha value is -1.51. The van der Waals surface area contributed by atoms with Crippen LogP contribution in [0.3, 0.4) is 0 Å². The fraction of sp³-hybridized carbons (Fsp3) is 0.0769. The average molecular weight is 235 g/mol. The molecule has 0 atom stereocenters. The lowest BCUT2D eigenvalue weighted by Gasteiger charge is -2.03. The van der Waals surface area contributed by atoms with Gasteiger partial charge in [0.05, 0.1) is 0 Å². The van der Waals surface area contributed by atoms with E-state index in [1.165, 1.54) is 11.1 Å². The van der Waals surface area contributed by atoms with Crippen LogP contribution < -0.4 is 11.3 Å². The zero-order valence-corrected chi connectivity index (χ0v) is 9.71. The van der Waals surface area contributed by atoms with Crippen LogP contribution in [0, 0.1) is 0 Å². The second-order valence-corrected chi connectivity index (χ2v) is 3.50. The fourth-order valence-electron chi connectivity index (χ4n) is 1.55. The Morgan fingerprint density at radius 2 is 1.38 bits per heavy atom. The summed E-state index contributed by atoms with van der Waals surface area (Å²) in [4.78, 5) is 0. The lowest BCUT2D eigenvalue weighted by atomic mass is 10.1. The Morgan fingerprint density at radius 1 is 0.812 bits per heavy atom. The number of nitrogens with one attached hydrogen (secondary N) is 1. The summed E-state index contributed by atoms with van der Waals surface area (Å²) >= 11 is 0. The summed E-state index contributed by atoms with van der Waals surface area (Å²) in [6.07, 6.45) is 0.964. The molecule has 0 heterocycles. The molecule has 0 saturated heterocycles. The molecule has 0 amide bonds. The Bertz CT molecular complexity index is 412. The van der Waals surface area contributed by atoms with Crippen molar-refractivity contribution in [1.29, 1.82) is 0 Å². The van der Waals surface area contributed by atoms with Crippen molar-refractivity contribution in [2.24, 2.45) is 5.84 Å². The molecule has 0 spiro atoms.